The maximum atomic E-state index is 6.81. The fourth-order valence-corrected chi connectivity index (χ4v) is 5.09. The van der Waals surface area contributed by atoms with Gasteiger partial charge in [-0.2, -0.15) is 0 Å². The summed E-state index contributed by atoms with van der Waals surface area (Å²) in [6.07, 6.45) is 1.74. The highest BCUT2D eigenvalue weighted by atomic mass is 35.5. The number of hydrogen-bond donors (Lipinski definition) is 1. The zero-order chi connectivity index (χ0) is 20.8. The summed E-state index contributed by atoms with van der Waals surface area (Å²) in [5.41, 5.74) is 4.39. The van der Waals surface area contributed by atoms with Gasteiger partial charge < -0.3 is 5.32 Å². The third-order valence-corrected chi connectivity index (χ3v) is 6.51. The van der Waals surface area contributed by atoms with Crippen molar-refractivity contribution in [2.24, 2.45) is 5.92 Å². The summed E-state index contributed by atoms with van der Waals surface area (Å²) < 4.78 is 0. The highest BCUT2D eigenvalue weighted by Gasteiger charge is 2.62. The van der Waals surface area contributed by atoms with Gasteiger partial charge in [0.2, 0.25) is 0 Å². The summed E-state index contributed by atoms with van der Waals surface area (Å²) in [5.74, 6) is 0.107. The summed E-state index contributed by atoms with van der Waals surface area (Å²) in [4.78, 5) is 3.92. The second-order valence-corrected chi connectivity index (χ2v) is 9.46. The van der Waals surface area contributed by atoms with Gasteiger partial charge in [-0.1, -0.05) is 47.4 Å². The number of halogens is 4. The van der Waals surface area contributed by atoms with E-state index in [0.717, 1.165) is 28.2 Å². The number of benzene rings is 2. The molecule has 0 spiro atoms. The van der Waals surface area contributed by atoms with Gasteiger partial charge in [0.1, 0.15) is 0 Å². The standard InChI is InChI=1S/C23H18Cl4N2/c1-13(21-22(23(21,2)27)14-9-15(24)11-16(25)10-14)29-17-6-7-19(26)18(12-17)20-5-3-4-8-28-20/h3-12,21-22,29H,1H2,2H3. The molecular weight excluding hydrogens is 446 g/mol. The summed E-state index contributed by atoms with van der Waals surface area (Å²) in [7, 11) is 0. The van der Waals surface area contributed by atoms with Crippen molar-refractivity contribution in [1.82, 2.24) is 4.98 Å². The third kappa shape index (κ3) is 4.13. The van der Waals surface area contributed by atoms with E-state index in [9.17, 15) is 0 Å². The molecule has 1 aliphatic rings. The molecule has 2 aromatic carbocycles. The van der Waals surface area contributed by atoms with Crippen molar-refractivity contribution >= 4 is 52.1 Å². The Hall–Kier alpha value is -1.71. The lowest BCUT2D eigenvalue weighted by Crippen LogP contribution is -2.05. The quantitative estimate of drug-likeness (QED) is 0.387. The topological polar surface area (TPSA) is 24.9 Å². The van der Waals surface area contributed by atoms with Gasteiger partial charge in [0.25, 0.3) is 0 Å². The van der Waals surface area contributed by atoms with Crippen molar-refractivity contribution in [2.75, 3.05) is 5.32 Å². The molecule has 1 N–H and O–H groups in total. The van der Waals surface area contributed by atoms with Crippen molar-refractivity contribution in [3.63, 3.8) is 0 Å². The molecular formula is C23H18Cl4N2. The van der Waals surface area contributed by atoms with E-state index in [2.05, 4.69) is 16.9 Å². The van der Waals surface area contributed by atoms with Crippen LogP contribution < -0.4 is 5.32 Å². The summed E-state index contributed by atoms with van der Waals surface area (Å²) >= 11 is 25.5. The van der Waals surface area contributed by atoms with Crippen LogP contribution in [-0.4, -0.2) is 9.86 Å². The number of pyridine rings is 1. The van der Waals surface area contributed by atoms with Crippen LogP contribution in [0.15, 0.2) is 73.1 Å². The van der Waals surface area contributed by atoms with E-state index in [1.165, 1.54) is 0 Å². The average Bonchev–Trinajstić information content (AvgIpc) is 3.25. The lowest BCUT2D eigenvalue weighted by atomic mass is 10.1. The molecule has 1 saturated carbocycles. The monoisotopic (exact) mass is 462 g/mol. The van der Waals surface area contributed by atoms with E-state index in [-0.39, 0.29) is 11.8 Å². The fraction of sp³-hybridized carbons (Fsp3) is 0.174. The first-order chi connectivity index (χ1) is 13.8. The molecule has 3 aromatic rings. The lowest BCUT2D eigenvalue weighted by Gasteiger charge is -2.13. The molecule has 1 heterocycles. The Morgan fingerprint density at radius 3 is 2.41 bits per heavy atom. The van der Waals surface area contributed by atoms with Gasteiger partial charge in [0.15, 0.2) is 0 Å². The molecule has 29 heavy (non-hydrogen) atoms. The minimum atomic E-state index is -0.464. The van der Waals surface area contributed by atoms with Gasteiger partial charge in [-0.25, -0.2) is 0 Å². The second kappa shape index (κ2) is 7.85. The summed E-state index contributed by atoms with van der Waals surface area (Å²) in [5, 5.41) is 5.23. The molecule has 148 valence electrons. The number of anilines is 1. The van der Waals surface area contributed by atoms with Crippen molar-refractivity contribution < 1.29 is 0 Å². The van der Waals surface area contributed by atoms with Gasteiger partial charge in [-0.15, -0.1) is 11.6 Å². The van der Waals surface area contributed by atoms with Crippen molar-refractivity contribution in [3.8, 4) is 11.3 Å². The summed E-state index contributed by atoms with van der Waals surface area (Å²) in [6, 6.07) is 17.0. The van der Waals surface area contributed by atoms with Crippen LogP contribution in [0, 0.1) is 5.92 Å². The Kier molecular flexibility index (Phi) is 5.56. The van der Waals surface area contributed by atoms with E-state index in [4.69, 9.17) is 46.4 Å². The van der Waals surface area contributed by atoms with Crippen LogP contribution >= 0.6 is 46.4 Å². The normalized spacial score (nSPS) is 22.9. The van der Waals surface area contributed by atoms with E-state index in [1.54, 1.807) is 12.3 Å². The number of hydrogen-bond acceptors (Lipinski definition) is 2. The van der Waals surface area contributed by atoms with Crippen LogP contribution in [-0.2, 0) is 0 Å². The Balaban J connectivity index is 1.57. The van der Waals surface area contributed by atoms with Crippen LogP contribution in [0.25, 0.3) is 11.3 Å². The van der Waals surface area contributed by atoms with Crippen LogP contribution in [0.4, 0.5) is 5.69 Å². The molecule has 0 amide bonds. The third-order valence-electron chi connectivity index (χ3n) is 5.27. The first-order valence-electron chi connectivity index (χ1n) is 9.09. The molecule has 3 unspecified atom stereocenters. The Labute approximate surface area is 190 Å². The zero-order valence-electron chi connectivity index (χ0n) is 15.6. The summed E-state index contributed by atoms with van der Waals surface area (Å²) in [6.45, 7) is 6.25. The largest absolute Gasteiger partial charge is 0.359 e. The van der Waals surface area contributed by atoms with E-state index < -0.39 is 4.87 Å². The molecule has 0 bridgehead atoms. The maximum Gasteiger partial charge on any atom is 0.0717 e. The van der Waals surface area contributed by atoms with Gasteiger partial charge >= 0.3 is 0 Å². The molecule has 6 heteroatoms. The molecule has 0 aliphatic heterocycles. The predicted octanol–water partition coefficient (Wildman–Crippen LogP) is 8.05. The first-order valence-corrected chi connectivity index (χ1v) is 10.6. The Bertz CT molecular complexity index is 1060. The maximum absolute atomic E-state index is 6.81. The molecule has 3 atom stereocenters. The highest BCUT2D eigenvalue weighted by Crippen LogP contribution is 2.64. The van der Waals surface area contributed by atoms with E-state index >= 15 is 0 Å². The van der Waals surface area contributed by atoms with Gasteiger partial charge in [0, 0.05) is 45.0 Å². The highest BCUT2D eigenvalue weighted by molar-refractivity contribution is 6.35. The molecule has 2 nitrogen and oxygen atoms in total. The first kappa shape index (κ1) is 20.6. The molecule has 1 fully saturated rings. The number of nitrogens with zero attached hydrogens (tertiary/aromatic N) is 1. The smallest absolute Gasteiger partial charge is 0.0717 e. The van der Waals surface area contributed by atoms with Crippen LogP contribution in [0.1, 0.15) is 18.4 Å². The van der Waals surface area contributed by atoms with Crippen LogP contribution in [0.2, 0.25) is 15.1 Å². The van der Waals surface area contributed by atoms with Crippen LogP contribution in [0.5, 0.6) is 0 Å². The minimum absolute atomic E-state index is 0.0349. The number of rotatable bonds is 5. The van der Waals surface area contributed by atoms with Gasteiger partial charge in [0.05, 0.1) is 15.6 Å². The second-order valence-electron chi connectivity index (χ2n) is 7.37. The van der Waals surface area contributed by atoms with Crippen molar-refractivity contribution in [2.45, 2.75) is 17.7 Å². The molecule has 1 aliphatic carbocycles. The van der Waals surface area contributed by atoms with E-state index in [1.807, 2.05) is 55.5 Å². The molecule has 0 radical (unpaired) electrons. The van der Waals surface area contributed by atoms with Gasteiger partial charge in [-0.3, -0.25) is 4.98 Å². The average molecular weight is 464 g/mol. The molecule has 1 aromatic heterocycles. The SMILES string of the molecule is C=C(Nc1ccc(Cl)c(-c2ccccn2)c1)C1C(c2cc(Cl)cc(Cl)c2)C1(C)Cl. The minimum Gasteiger partial charge on any atom is -0.359 e. The van der Waals surface area contributed by atoms with Gasteiger partial charge in [-0.05, 0) is 61.0 Å². The molecule has 4 rings (SSSR count). The predicted molar refractivity (Wildman–Crippen MR) is 124 cm³/mol. The number of alkyl halides is 1. The van der Waals surface area contributed by atoms with Crippen molar-refractivity contribution in [1.29, 1.82) is 0 Å². The number of aromatic nitrogens is 1. The Morgan fingerprint density at radius 1 is 1.03 bits per heavy atom. The lowest BCUT2D eigenvalue weighted by molar-refractivity contribution is 0.899. The Morgan fingerprint density at radius 2 is 1.76 bits per heavy atom. The molecule has 0 saturated heterocycles. The van der Waals surface area contributed by atoms with Crippen molar-refractivity contribution in [3.05, 3.63) is 93.7 Å². The number of allylic oxidation sites excluding steroid dienone is 1. The van der Waals surface area contributed by atoms with E-state index in [0.29, 0.717) is 15.1 Å². The fourth-order valence-electron chi connectivity index (χ4n) is 3.88. The van der Waals surface area contributed by atoms with Crippen LogP contribution in [0.3, 0.4) is 0 Å². The zero-order valence-corrected chi connectivity index (χ0v) is 18.6. The number of nitrogens with one attached hydrogen (secondary N) is 1.